The number of alkyl halides is 3. The van der Waals surface area contributed by atoms with E-state index in [2.05, 4.69) is 10.3 Å². The SMILES string of the molecule is FC(F)(F)c1ccc(NCc2ccccc2Cl)cn1. The third-order valence-electron chi connectivity index (χ3n) is 2.49. The van der Waals surface area contributed by atoms with Gasteiger partial charge in [0.2, 0.25) is 0 Å². The van der Waals surface area contributed by atoms with Crippen molar-refractivity contribution in [2.45, 2.75) is 12.7 Å². The minimum atomic E-state index is -4.42. The summed E-state index contributed by atoms with van der Waals surface area (Å²) >= 11 is 5.97. The number of nitrogens with one attached hydrogen (secondary N) is 1. The average Bonchev–Trinajstić information content (AvgIpc) is 2.37. The molecule has 0 aliphatic rings. The van der Waals surface area contributed by atoms with Gasteiger partial charge in [-0.2, -0.15) is 13.2 Å². The standard InChI is InChI=1S/C13H10ClF3N2/c14-11-4-2-1-3-9(11)7-18-10-5-6-12(19-8-10)13(15,16)17/h1-6,8,18H,7H2. The van der Waals surface area contributed by atoms with Gasteiger partial charge in [-0.05, 0) is 23.8 Å². The maximum absolute atomic E-state index is 12.3. The Labute approximate surface area is 113 Å². The van der Waals surface area contributed by atoms with Crippen LogP contribution in [0.1, 0.15) is 11.3 Å². The number of nitrogens with zero attached hydrogens (tertiary/aromatic N) is 1. The molecule has 0 aliphatic carbocycles. The van der Waals surface area contributed by atoms with Crippen molar-refractivity contribution in [2.75, 3.05) is 5.32 Å². The van der Waals surface area contributed by atoms with E-state index in [-0.39, 0.29) is 0 Å². The zero-order chi connectivity index (χ0) is 13.9. The molecule has 0 atom stereocenters. The molecule has 100 valence electrons. The maximum Gasteiger partial charge on any atom is 0.433 e. The molecule has 2 aromatic rings. The predicted octanol–water partition coefficient (Wildman–Crippen LogP) is 4.37. The highest BCUT2D eigenvalue weighted by molar-refractivity contribution is 6.31. The van der Waals surface area contributed by atoms with Crippen LogP contribution in [0.2, 0.25) is 5.02 Å². The lowest BCUT2D eigenvalue weighted by atomic mass is 10.2. The second-order valence-corrected chi connectivity index (χ2v) is 4.28. The number of benzene rings is 1. The van der Waals surface area contributed by atoms with Gasteiger partial charge in [0.25, 0.3) is 0 Å². The Morgan fingerprint density at radius 2 is 1.84 bits per heavy atom. The summed E-state index contributed by atoms with van der Waals surface area (Å²) < 4.78 is 37.0. The van der Waals surface area contributed by atoms with Crippen LogP contribution in [0.3, 0.4) is 0 Å². The molecule has 6 heteroatoms. The second-order valence-electron chi connectivity index (χ2n) is 3.87. The van der Waals surface area contributed by atoms with Gasteiger partial charge in [0.15, 0.2) is 0 Å². The van der Waals surface area contributed by atoms with Crippen LogP contribution in [0.4, 0.5) is 18.9 Å². The van der Waals surface area contributed by atoms with Crippen LogP contribution in [-0.4, -0.2) is 4.98 Å². The second kappa shape index (κ2) is 5.48. The lowest BCUT2D eigenvalue weighted by molar-refractivity contribution is -0.141. The highest BCUT2D eigenvalue weighted by Crippen LogP contribution is 2.28. The first kappa shape index (κ1) is 13.7. The van der Waals surface area contributed by atoms with Crippen LogP contribution < -0.4 is 5.32 Å². The Bertz CT molecular complexity index is 553. The first-order valence-corrected chi connectivity index (χ1v) is 5.85. The van der Waals surface area contributed by atoms with Crippen molar-refractivity contribution in [3.63, 3.8) is 0 Å². The number of aromatic nitrogens is 1. The van der Waals surface area contributed by atoms with E-state index < -0.39 is 11.9 Å². The first-order chi connectivity index (χ1) is 8.97. The van der Waals surface area contributed by atoms with Crippen molar-refractivity contribution in [3.05, 3.63) is 58.9 Å². The topological polar surface area (TPSA) is 24.9 Å². The zero-order valence-electron chi connectivity index (χ0n) is 9.71. The smallest absolute Gasteiger partial charge is 0.380 e. The van der Waals surface area contributed by atoms with Gasteiger partial charge in [-0.25, -0.2) is 4.98 Å². The summed E-state index contributed by atoms with van der Waals surface area (Å²) in [5, 5.41) is 3.57. The van der Waals surface area contributed by atoms with Crippen molar-refractivity contribution in [1.82, 2.24) is 4.98 Å². The summed E-state index contributed by atoms with van der Waals surface area (Å²) in [6.07, 6.45) is -3.26. The molecule has 0 amide bonds. The Morgan fingerprint density at radius 1 is 1.11 bits per heavy atom. The van der Waals surface area contributed by atoms with Crippen molar-refractivity contribution >= 4 is 17.3 Å². The van der Waals surface area contributed by atoms with Gasteiger partial charge in [-0.3, -0.25) is 0 Å². The summed E-state index contributed by atoms with van der Waals surface area (Å²) in [7, 11) is 0. The monoisotopic (exact) mass is 286 g/mol. The molecule has 0 unspecified atom stereocenters. The molecule has 0 radical (unpaired) electrons. The Balaban J connectivity index is 2.03. The number of hydrogen-bond donors (Lipinski definition) is 1. The number of pyridine rings is 1. The summed E-state index contributed by atoms with van der Waals surface area (Å²) in [5.74, 6) is 0. The number of anilines is 1. The number of halogens is 4. The fourth-order valence-electron chi connectivity index (χ4n) is 1.51. The van der Waals surface area contributed by atoms with E-state index >= 15 is 0 Å². The molecule has 19 heavy (non-hydrogen) atoms. The van der Waals surface area contributed by atoms with Crippen molar-refractivity contribution < 1.29 is 13.2 Å². The molecule has 0 saturated carbocycles. The van der Waals surface area contributed by atoms with Gasteiger partial charge in [0.1, 0.15) is 5.69 Å². The van der Waals surface area contributed by atoms with E-state index in [4.69, 9.17) is 11.6 Å². The van der Waals surface area contributed by atoms with Gasteiger partial charge in [-0.15, -0.1) is 0 Å². The third-order valence-corrected chi connectivity index (χ3v) is 2.86. The molecule has 1 heterocycles. The van der Waals surface area contributed by atoms with Crippen molar-refractivity contribution in [2.24, 2.45) is 0 Å². The summed E-state index contributed by atoms with van der Waals surface area (Å²) in [6.45, 7) is 0.423. The van der Waals surface area contributed by atoms with E-state index in [9.17, 15) is 13.2 Å². The maximum atomic E-state index is 12.3. The predicted molar refractivity (Wildman–Crippen MR) is 68.0 cm³/mol. The van der Waals surface area contributed by atoms with Crippen LogP contribution in [-0.2, 0) is 12.7 Å². The molecule has 0 spiro atoms. The van der Waals surface area contributed by atoms with Crippen LogP contribution >= 0.6 is 11.6 Å². The Hall–Kier alpha value is -1.75. The fourth-order valence-corrected chi connectivity index (χ4v) is 1.71. The quantitative estimate of drug-likeness (QED) is 0.906. The molecular formula is C13H10ClF3N2. The molecule has 1 aromatic carbocycles. The van der Waals surface area contributed by atoms with Crippen LogP contribution in [0.15, 0.2) is 42.6 Å². The third kappa shape index (κ3) is 3.61. The molecule has 2 nitrogen and oxygen atoms in total. The summed E-state index contributed by atoms with van der Waals surface area (Å²) in [5.41, 5.74) is 0.466. The average molecular weight is 287 g/mol. The highest BCUT2D eigenvalue weighted by atomic mass is 35.5. The van der Waals surface area contributed by atoms with E-state index in [1.54, 1.807) is 6.07 Å². The highest BCUT2D eigenvalue weighted by Gasteiger charge is 2.31. The molecule has 0 fully saturated rings. The lowest BCUT2D eigenvalue weighted by Gasteiger charge is -2.09. The van der Waals surface area contributed by atoms with E-state index in [1.807, 2.05) is 18.2 Å². The fraction of sp³-hybridized carbons (Fsp3) is 0.154. The van der Waals surface area contributed by atoms with Crippen LogP contribution in [0, 0.1) is 0 Å². The van der Waals surface area contributed by atoms with E-state index in [1.165, 1.54) is 6.07 Å². The minimum absolute atomic E-state index is 0.423. The van der Waals surface area contributed by atoms with Crippen LogP contribution in [0.25, 0.3) is 0 Å². The van der Waals surface area contributed by atoms with E-state index in [0.717, 1.165) is 17.8 Å². The molecule has 1 aromatic heterocycles. The lowest BCUT2D eigenvalue weighted by Crippen LogP contribution is -2.08. The van der Waals surface area contributed by atoms with Crippen molar-refractivity contribution in [1.29, 1.82) is 0 Å². The Morgan fingerprint density at radius 3 is 2.42 bits per heavy atom. The van der Waals surface area contributed by atoms with Crippen LogP contribution in [0.5, 0.6) is 0 Å². The summed E-state index contributed by atoms with van der Waals surface area (Å²) in [6, 6.07) is 9.53. The first-order valence-electron chi connectivity index (χ1n) is 5.47. The molecule has 2 rings (SSSR count). The molecule has 0 saturated heterocycles. The number of hydrogen-bond acceptors (Lipinski definition) is 2. The Kier molecular flexibility index (Phi) is 3.95. The molecule has 0 bridgehead atoms. The van der Waals surface area contributed by atoms with Crippen molar-refractivity contribution in [3.8, 4) is 0 Å². The normalized spacial score (nSPS) is 11.4. The van der Waals surface area contributed by atoms with Gasteiger partial charge in [0.05, 0.1) is 11.9 Å². The summed E-state index contributed by atoms with van der Waals surface area (Å²) in [4.78, 5) is 3.36. The van der Waals surface area contributed by atoms with Gasteiger partial charge in [-0.1, -0.05) is 29.8 Å². The molecular weight excluding hydrogens is 277 g/mol. The molecule has 1 N–H and O–H groups in total. The largest absolute Gasteiger partial charge is 0.433 e. The van der Waals surface area contributed by atoms with Gasteiger partial charge >= 0.3 is 6.18 Å². The van der Waals surface area contributed by atoms with Gasteiger partial charge in [0, 0.05) is 11.6 Å². The molecule has 0 aliphatic heterocycles. The minimum Gasteiger partial charge on any atom is -0.380 e. The van der Waals surface area contributed by atoms with E-state index in [0.29, 0.717) is 17.3 Å². The zero-order valence-corrected chi connectivity index (χ0v) is 10.5. The van der Waals surface area contributed by atoms with Gasteiger partial charge < -0.3 is 5.32 Å². The number of rotatable bonds is 3.